The Morgan fingerprint density at radius 3 is 2.80 bits per heavy atom. The SMILES string of the molecule is CCc1nn(CC)c(CC(NN)C2CCOC2C)c1Br. The molecule has 2 heterocycles. The van der Waals surface area contributed by atoms with E-state index in [4.69, 9.17) is 10.6 Å². The van der Waals surface area contributed by atoms with Crippen LogP contribution in [0.25, 0.3) is 0 Å². The lowest BCUT2D eigenvalue weighted by Gasteiger charge is -2.25. The van der Waals surface area contributed by atoms with E-state index in [0.29, 0.717) is 5.92 Å². The van der Waals surface area contributed by atoms with Crippen LogP contribution >= 0.6 is 15.9 Å². The van der Waals surface area contributed by atoms with Gasteiger partial charge >= 0.3 is 0 Å². The van der Waals surface area contributed by atoms with Gasteiger partial charge in [0.25, 0.3) is 0 Å². The first kappa shape index (κ1) is 15.9. The smallest absolute Gasteiger partial charge is 0.0766 e. The number of halogens is 1. The molecule has 0 aliphatic carbocycles. The number of ether oxygens (including phenoxy) is 1. The second kappa shape index (κ2) is 7.02. The van der Waals surface area contributed by atoms with Gasteiger partial charge in [0.05, 0.1) is 22.0 Å². The molecule has 1 saturated heterocycles. The van der Waals surface area contributed by atoms with E-state index in [-0.39, 0.29) is 12.1 Å². The van der Waals surface area contributed by atoms with Crippen molar-refractivity contribution in [3.63, 3.8) is 0 Å². The van der Waals surface area contributed by atoms with Gasteiger partial charge in [-0.05, 0) is 42.6 Å². The molecular formula is C14H25BrN4O. The molecule has 1 aromatic rings. The molecule has 3 unspecified atom stereocenters. The molecule has 0 saturated carbocycles. The zero-order valence-electron chi connectivity index (χ0n) is 12.5. The van der Waals surface area contributed by atoms with Crippen molar-refractivity contribution in [3.05, 3.63) is 15.9 Å². The van der Waals surface area contributed by atoms with Crippen LogP contribution in [0.2, 0.25) is 0 Å². The monoisotopic (exact) mass is 344 g/mol. The fourth-order valence-electron chi connectivity index (χ4n) is 3.03. The summed E-state index contributed by atoms with van der Waals surface area (Å²) in [6.45, 7) is 8.09. The fourth-order valence-corrected chi connectivity index (χ4v) is 3.76. The van der Waals surface area contributed by atoms with Crippen LogP contribution < -0.4 is 11.3 Å². The van der Waals surface area contributed by atoms with Gasteiger partial charge in [0.1, 0.15) is 0 Å². The van der Waals surface area contributed by atoms with E-state index in [0.717, 1.165) is 42.6 Å². The maximum absolute atomic E-state index is 5.79. The summed E-state index contributed by atoms with van der Waals surface area (Å²) < 4.78 is 8.88. The Balaban J connectivity index is 2.20. The van der Waals surface area contributed by atoms with Gasteiger partial charge in [-0.25, -0.2) is 0 Å². The summed E-state index contributed by atoms with van der Waals surface area (Å²) in [6, 6.07) is 0.218. The first-order valence-electron chi connectivity index (χ1n) is 7.44. The zero-order chi connectivity index (χ0) is 14.7. The van der Waals surface area contributed by atoms with Gasteiger partial charge in [-0.15, -0.1) is 0 Å². The van der Waals surface area contributed by atoms with Gasteiger partial charge < -0.3 is 4.74 Å². The van der Waals surface area contributed by atoms with Crippen LogP contribution in [0, 0.1) is 5.92 Å². The number of hydrogen-bond donors (Lipinski definition) is 2. The largest absolute Gasteiger partial charge is 0.378 e. The molecular weight excluding hydrogens is 320 g/mol. The summed E-state index contributed by atoms with van der Waals surface area (Å²) in [6.07, 6.45) is 3.13. The average Bonchev–Trinajstić information content (AvgIpc) is 3.00. The minimum absolute atomic E-state index is 0.218. The third kappa shape index (κ3) is 3.08. The Hall–Kier alpha value is -0.430. The van der Waals surface area contributed by atoms with Gasteiger partial charge in [0, 0.05) is 31.5 Å². The molecule has 1 aliphatic heterocycles. The Labute approximate surface area is 129 Å². The number of nitrogens with two attached hydrogens (primary N) is 1. The van der Waals surface area contributed by atoms with Crippen LogP contribution in [0.5, 0.6) is 0 Å². The molecule has 2 rings (SSSR count). The summed E-state index contributed by atoms with van der Waals surface area (Å²) in [7, 11) is 0. The number of hydrogen-bond acceptors (Lipinski definition) is 4. The Morgan fingerprint density at radius 1 is 1.55 bits per heavy atom. The summed E-state index contributed by atoms with van der Waals surface area (Å²) in [5.41, 5.74) is 5.33. The van der Waals surface area contributed by atoms with Gasteiger partial charge in [-0.1, -0.05) is 6.92 Å². The van der Waals surface area contributed by atoms with Gasteiger partial charge in [0.15, 0.2) is 0 Å². The number of hydrazine groups is 1. The van der Waals surface area contributed by atoms with Crippen molar-refractivity contribution in [2.75, 3.05) is 6.61 Å². The third-order valence-corrected chi connectivity index (χ3v) is 5.19. The molecule has 0 bridgehead atoms. The second-order valence-electron chi connectivity index (χ2n) is 5.38. The van der Waals surface area contributed by atoms with Crippen LogP contribution in [-0.2, 0) is 24.1 Å². The lowest BCUT2D eigenvalue weighted by Crippen LogP contribution is -2.45. The standard InChI is InChI=1S/C14H25BrN4O/c1-4-11-14(15)13(19(5-2)18-11)8-12(17-16)10-6-7-20-9(10)3/h9-10,12,17H,4-8,16H2,1-3H3. The lowest BCUT2D eigenvalue weighted by molar-refractivity contribution is 0.0951. The highest BCUT2D eigenvalue weighted by Crippen LogP contribution is 2.29. The first-order chi connectivity index (χ1) is 9.62. The minimum Gasteiger partial charge on any atom is -0.378 e. The molecule has 6 heteroatoms. The first-order valence-corrected chi connectivity index (χ1v) is 8.23. The average molecular weight is 345 g/mol. The van der Waals surface area contributed by atoms with E-state index in [2.05, 4.69) is 51.9 Å². The summed E-state index contributed by atoms with van der Waals surface area (Å²) in [5, 5.41) is 4.65. The van der Waals surface area contributed by atoms with Gasteiger partial charge in [-0.3, -0.25) is 16.0 Å². The van der Waals surface area contributed by atoms with Crippen molar-refractivity contribution in [2.45, 2.75) is 58.7 Å². The van der Waals surface area contributed by atoms with Crippen molar-refractivity contribution in [1.29, 1.82) is 0 Å². The topological polar surface area (TPSA) is 65.1 Å². The maximum atomic E-state index is 5.79. The number of nitrogens with zero attached hydrogens (tertiary/aromatic N) is 2. The molecule has 0 aromatic carbocycles. The van der Waals surface area contributed by atoms with Crippen molar-refractivity contribution in [2.24, 2.45) is 11.8 Å². The number of nitrogens with one attached hydrogen (secondary N) is 1. The molecule has 1 fully saturated rings. The number of rotatable bonds is 6. The lowest BCUT2D eigenvalue weighted by atomic mass is 9.90. The molecule has 1 aromatic heterocycles. The summed E-state index contributed by atoms with van der Waals surface area (Å²) in [4.78, 5) is 0. The molecule has 0 spiro atoms. The van der Waals surface area contributed by atoms with Crippen molar-refractivity contribution in [1.82, 2.24) is 15.2 Å². The van der Waals surface area contributed by atoms with E-state index >= 15 is 0 Å². The van der Waals surface area contributed by atoms with Crippen molar-refractivity contribution >= 4 is 15.9 Å². The molecule has 3 N–H and O–H groups in total. The van der Waals surface area contributed by atoms with E-state index in [1.807, 2.05) is 0 Å². The van der Waals surface area contributed by atoms with Crippen molar-refractivity contribution < 1.29 is 4.74 Å². The second-order valence-corrected chi connectivity index (χ2v) is 6.18. The van der Waals surface area contributed by atoms with E-state index in [9.17, 15) is 0 Å². The molecule has 20 heavy (non-hydrogen) atoms. The predicted molar refractivity (Wildman–Crippen MR) is 83.3 cm³/mol. The van der Waals surface area contributed by atoms with Crippen LogP contribution in [0.3, 0.4) is 0 Å². The highest BCUT2D eigenvalue weighted by Gasteiger charge is 2.32. The van der Waals surface area contributed by atoms with E-state index in [1.54, 1.807) is 0 Å². The molecule has 3 atom stereocenters. The van der Waals surface area contributed by atoms with E-state index < -0.39 is 0 Å². The highest BCUT2D eigenvalue weighted by atomic mass is 79.9. The Kier molecular flexibility index (Phi) is 5.60. The maximum Gasteiger partial charge on any atom is 0.0766 e. The Morgan fingerprint density at radius 2 is 2.30 bits per heavy atom. The van der Waals surface area contributed by atoms with Crippen LogP contribution in [0.1, 0.15) is 38.6 Å². The predicted octanol–water partition coefficient (Wildman–Crippen LogP) is 2.03. The molecule has 0 radical (unpaired) electrons. The molecule has 0 amide bonds. The fraction of sp³-hybridized carbons (Fsp3) is 0.786. The normalized spacial score (nSPS) is 24.2. The molecule has 114 valence electrons. The van der Waals surface area contributed by atoms with Gasteiger partial charge in [-0.2, -0.15) is 5.10 Å². The number of aromatic nitrogens is 2. The van der Waals surface area contributed by atoms with E-state index in [1.165, 1.54) is 5.69 Å². The molecule has 1 aliphatic rings. The molecule has 5 nitrogen and oxygen atoms in total. The van der Waals surface area contributed by atoms with Crippen LogP contribution in [0.4, 0.5) is 0 Å². The highest BCUT2D eigenvalue weighted by molar-refractivity contribution is 9.10. The zero-order valence-corrected chi connectivity index (χ0v) is 14.1. The Bertz CT molecular complexity index is 449. The minimum atomic E-state index is 0.218. The summed E-state index contributed by atoms with van der Waals surface area (Å²) >= 11 is 3.70. The number of aryl methyl sites for hydroxylation is 2. The van der Waals surface area contributed by atoms with Crippen LogP contribution in [0.15, 0.2) is 4.47 Å². The summed E-state index contributed by atoms with van der Waals surface area (Å²) in [5.74, 6) is 6.25. The van der Waals surface area contributed by atoms with Crippen molar-refractivity contribution in [3.8, 4) is 0 Å². The quantitative estimate of drug-likeness (QED) is 0.612. The third-order valence-electron chi connectivity index (χ3n) is 4.27. The van der Waals surface area contributed by atoms with Crippen LogP contribution in [-0.4, -0.2) is 28.5 Å². The van der Waals surface area contributed by atoms with Gasteiger partial charge in [0.2, 0.25) is 0 Å².